The zero-order valence-electron chi connectivity index (χ0n) is 30.2. The summed E-state index contributed by atoms with van der Waals surface area (Å²) < 4.78 is 39.0. The minimum atomic E-state index is -3.02. The summed E-state index contributed by atoms with van der Waals surface area (Å²) in [5.74, 6) is 0. The number of nitrogens with zero attached hydrogens (tertiary/aromatic N) is 10. The number of hydrogen-bond donors (Lipinski definition) is 0. The van der Waals surface area contributed by atoms with Crippen molar-refractivity contribution in [2.45, 2.75) is 90.9 Å². The van der Waals surface area contributed by atoms with E-state index in [1.54, 1.807) is 0 Å². The van der Waals surface area contributed by atoms with Crippen molar-refractivity contribution < 1.29 is 0 Å². The van der Waals surface area contributed by atoms with Crippen LogP contribution in [0.25, 0.3) is 0 Å². The van der Waals surface area contributed by atoms with Crippen LogP contribution in [0.15, 0.2) is 32.0 Å². The highest BCUT2D eigenvalue weighted by Crippen LogP contribution is 2.78. The highest BCUT2D eigenvalue weighted by molar-refractivity contribution is 7.76. The maximum absolute atomic E-state index is 7.12. The molecule has 6 heterocycles. The van der Waals surface area contributed by atoms with Crippen molar-refractivity contribution in [3.8, 4) is 0 Å². The lowest BCUT2D eigenvalue weighted by Crippen LogP contribution is -2.39. The molecular formula is C34H61Cl2N10P3. The van der Waals surface area contributed by atoms with E-state index >= 15 is 0 Å². The molecule has 7 rings (SSSR count). The molecule has 15 heteroatoms. The van der Waals surface area contributed by atoms with Crippen molar-refractivity contribution in [2.75, 3.05) is 91.6 Å². The molecule has 1 aromatic rings. The first-order chi connectivity index (χ1) is 23.9. The van der Waals surface area contributed by atoms with Crippen LogP contribution in [0.1, 0.15) is 90.9 Å². The van der Waals surface area contributed by atoms with Crippen molar-refractivity contribution >= 4 is 51.4 Å². The van der Waals surface area contributed by atoms with E-state index in [0.717, 1.165) is 97.3 Å². The second kappa shape index (κ2) is 16.7. The van der Waals surface area contributed by atoms with E-state index in [-0.39, 0.29) is 0 Å². The van der Waals surface area contributed by atoms with E-state index < -0.39 is 22.5 Å². The molecule has 0 atom stereocenters. The fourth-order valence-electron chi connectivity index (χ4n) is 9.09. The van der Waals surface area contributed by atoms with Gasteiger partial charge in [0.1, 0.15) is 0 Å². The van der Waals surface area contributed by atoms with Gasteiger partial charge < -0.3 is 0 Å². The molecule has 0 bridgehead atoms. The van der Waals surface area contributed by atoms with Crippen molar-refractivity contribution in [3.05, 3.63) is 28.2 Å². The molecule has 6 aliphatic rings. The predicted molar refractivity (Wildman–Crippen MR) is 212 cm³/mol. The summed E-state index contributed by atoms with van der Waals surface area (Å²) >= 11 is 13.9. The molecule has 0 N–H and O–H groups in total. The van der Waals surface area contributed by atoms with Gasteiger partial charge in [0.05, 0.1) is 10.7 Å². The molecule has 276 valence electrons. The third-order valence-electron chi connectivity index (χ3n) is 11.5. The Morgan fingerprint density at radius 1 is 0.531 bits per heavy atom. The molecule has 0 amide bonds. The van der Waals surface area contributed by atoms with E-state index in [0.29, 0.717) is 10.0 Å². The fraction of sp³-hybridized carbons (Fsp3) is 0.824. The maximum Gasteiger partial charge on any atom is 0.265 e. The molecule has 6 fully saturated rings. The van der Waals surface area contributed by atoms with Gasteiger partial charge in [-0.15, -0.1) is 0 Å². The lowest BCUT2D eigenvalue weighted by molar-refractivity contribution is 0.382. The molecular weight excluding hydrogens is 712 g/mol. The molecule has 0 aromatic heterocycles. The van der Waals surface area contributed by atoms with Crippen molar-refractivity contribution in [3.63, 3.8) is 0 Å². The summed E-state index contributed by atoms with van der Waals surface area (Å²) in [4.78, 5) is 0. The smallest absolute Gasteiger partial charge is 0.245 e. The van der Waals surface area contributed by atoms with Crippen LogP contribution < -0.4 is 0 Å². The minimum Gasteiger partial charge on any atom is -0.245 e. The van der Waals surface area contributed by atoms with Crippen LogP contribution in [-0.2, 0) is 0 Å². The van der Waals surface area contributed by atoms with Crippen LogP contribution >= 0.6 is 45.7 Å². The van der Waals surface area contributed by atoms with Gasteiger partial charge in [0, 0.05) is 96.6 Å². The summed E-state index contributed by atoms with van der Waals surface area (Å²) in [6, 6.07) is 5.80. The molecule has 49 heavy (non-hydrogen) atoms. The van der Waals surface area contributed by atoms with Crippen molar-refractivity contribution in [1.29, 1.82) is 0 Å². The molecule has 1 aromatic carbocycles. The minimum absolute atomic E-state index is 0.645. The van der Waals surface area contributed by atoms with Crippen LogP contribution in [-0.4, -0.2) is 124 Å². The van der Waals surface area contributed by atoms with Gasteiger partial charge >= 0.3 is 0 Å². The summed E-state index contributed by atoms with van der Waals surface area (Å²) in [5.41, 5.74) is 0.756. The Labute approximate surface area is 307 Å². The fourth-order valence-corrected chi connectivity index (χ4v) is 24.9. The monoisotopic (exact) mass is 772 g/mol. The summed E-state index contributed by atoms with van der Waals surface area (Å²) in [7, 11) is -7.73. The number of benzene rings is 1. The highest BCUT2D eigenvalue weighted by Gasteiger charge is 2.50. The summed E-state index contributed by atoms with van der Waals surface area (Å²) in [6.45, 7) is 19.7. The lowest BCUT2D eigenvalue weighted by Gasteiger charge is -2.49. The first-order valence-corrected chi connectivity index (χ1v) is 25.1. The third kappa shape index (κ3) is 7.37. The Morgan fingerprint density at radius 3 is 1.12 bits per heavy atom. The van der Waals surface area contributed by atoms with Gasteiger partial charge in [-0.2, -0.15) is 9.03 Å². The Balaban J connectivity index is 1.64. The van der Waals surface area contributed by atoms with Crippen LogP contribution in [0.3, 0.4) is 0 Å². The normalized spacial score (nSPS) is 24.7. The third-order valence-corrected chi connectivity index (χ3v) is 24.7. The average molecular weight is 774 g/mol. The Hall–Kier alpha value is 0.210. The quantitative estimate of drug-likeness (QED) is 0.196. The van der Waals surface area contributed by atoms with Crippen molar-refractivity contribution in [2.24, 2.45) is 13.8 Å². The highest BCUT2D eigenvalue weighted by atomic mass is 35.5. The summed E-state index contributed by atoms with van der Waals surface area (Å²) in [5, 5.41) is 1.31. The van der Waals surface area contributed by atoms with Gasteiger partial charge in [0.15, 0.2) is 15.0 Å². The topological polar surface area (TPSA) is 59.8 Å². The molecule has 6 saturated heterocycles. The molecule has 0 spiro atoms. The largest absolute Gasteiger partial charge is 0.265 e. The first-order valence-electron chi connectivity index (χ1n) is 19.6. The Kier molecular flexibility index (Phi) is 12.8. The molecule has 0 saturated carbocycles. The SMILES string of the molecule is CCN(CC)P(=Nc1cc(Cl)ccc1Cl)(N=P(N1CCCC1)(N1CCCC1)N1CCCC1)N=P(N1CCCC1)(N1CCCC1)N1CCCC1. The second-order valence-electron chi connectivity index (χ2n) is 14.6. The first kappa shape index (κ1) is 37.5. The van der Waals surface area contributed by atoms with Gasteiger partial charge in [0.2, 0.25) is 0 Å². The predicted octanol–water partition coefficient (Wildman–Crippen LogP) is 10.4. The lowest BCUT2D eigenvalue weighted by atomic mass is 10.3. The van der Waals surface area contributed by atoms with Gasteiger partial charge in [-0.25, -0.2) is 37.4 Å². The maximum atomic E-state index is 7.12. The van der Waals surface area contributed by atoms with E-state index in [2.05, 4.69) is 46.5 Å². The van der Waals surface area contributed by atoms with E-state index in [4.69, 9.17) is 37.0 Å². The molecule has 10 nitrogen and oxygen atoms in total. The van der Waals surface area contributed by atoms with Crippen LogP contribution in [0, 0.1) is 0 Å². The molecule has 0 aliphatic carbocycles. The zero-order valence-corrected chi connectivity index (χ0v) is 34.4. The Bertz CT molecular complexity index is 1270. The number of hydrogen-bond acceptors (Lipinski definition) is 1. The average Bonchev–Trinajstić information content (AvgIpc) is 3.97. The van der Waals surface area contributed by atoms with E-state index in [9.17, 15) is 0 Å². The number of halogens is 2. The number of rotatable bonds is 12. The second-order valence-corrected chi connectivity index (χ2v) is 24.2. The van der Waals surface area contributed by atoms with Gasteiger partial charge in [0.25, 0.3) is 7.51 Å². The zero-order chi connectivity index (χ0) is 33.9. The van der Waals surface area contributed by atoms with E-state index in [1.807, 2.05) is 18.2 Å². The van der Waals surface area contributed by atoms with Gasteiger partial charge in [-0.1, -0.05) is 37.0 Å². The van der Waals surface area contributed by atoms with E-state index in [1.165, 1.54) is 77.0 Å². The van der Waals surface area contributed by atoms with Crippen LogP contribution in [0.4, 0.5) is 5.69 Å². The molecule has 0 radical (unpaired) electrons. The van der Waals surface area contributed by atoms with Gasteiger partial charge in [-0.05, 0) is 95.2 Å². The summed E-state index contributed by atoms with van der Waals surface area (Å²) in [6.07, 6.45) is 15.0. The Morgan fingerprint density at radius 2 is 0.837 bits per heavy atom. The molecule has 6 aliphatic heterocycles. The van der Waals surface area contributed by atoms with Crippen molar-refractivity contribution in [1.82, 2.24) is 32.7 Å². The van der Waals surface area contributed by atoms with Crippen LogP contribution in [0.5, 0.6) is 0 Å². The molecule has 0 unspecified atom stereocenters. The van der Waals surface area contributed by atoms with Gasteiger partial charge in [-0.3, -0.25) is 0 Å². The standard InChI is InChI=1S/C34H61Cl2N10P3/c1-3-40(4-2)47(37-34-31-32(35)17-18-33(34)36,38-48(41-19-5-6-20-41,42-21-7-8-22-42)43-23-9-10-24-43)39-49(44-25-11-12-26-44,45-27-13-14-28-45)46-29-15-16-30-46/h17-18,31H,3-16,19-30H2,1-2H3. The van der Waals surface area contributed by atoms with Crippen LogP contribution in [0.2, 0.25) is 10.0 Å².